The van der Waals surface area contributed by atoms with Crippen LogP contribution in [0.15, 0.2) is 48.5 Å². The SMILES string of the molecule is O=C(O)CN(CCO)C(=O)C1C[C@H]2C[C@@H](NC(=O)OCC3c4ccccc4-c4ccccc43)[C@H]2C1. The molecule has 2 aromatic carbocycles. The number of aliphatic carboxylic acids is 1. The van der Waals surface area contributed by atoms with Crippen molar-refractivity contribution in [1.29, 1.82) is 0 Å². The lowest BCUT2D eigenvalue weighted by Crippen LogP contribution is -2.50. The second-order valence-corrected chi connectivity index (χ2v) is 9.78. The van der Waals surface area contributed by atoms with E-state index in [1.54, 1.807) is 0 Å². The summed E-state index contributed by atoms with van der Waals surface area (Å²) in [4.78, 5) is 37.7. The Morgan fingerprint density at radius 2 is 1.63 bits per heavy atom. The molecule has 0 aromatic heterocycles. The fourth-order valence-corrected chi connectivity index (χ4v) is 6.19. The van der Waals surface area contributed by atoms with Crippen molar-refractivity contribution in [1.82, 2.24) is 10.2 Å². The average Bonchev–Trinajstić information content (AvgIpc) is 3.35. The van der Waals surface area contributed by atoms with E-state index in [1.165, 1.54) is 16.0 Å². The Balaban J connectivity index is 1.15. The lowest BCUT2D eigenvalue weighted by Gasteiger charge is -2.40. The molecule has 8 nitrogen and oxygen atoms in total. The Kier molecular flexibility index (Phi) is 6.47. The predicted octanol–water partition coefficient (Wildman–Crippen LogP) is 2.85. The van der Waals surface area contributed by atoms with Gasteiger partial charge >= 0.3 is 12.1 Å². The zero-order valence-electron chi connectivity index (χ0n) is 19.4. The summed E-state index contributed by atoms with van der Waals surface area (Å²) in [5.74, 6) is -1.07. The summed E-state index contributed by atoms with van der Waals surface area (Å²) in [5, 5.41) is 21.2. The van der Waals surface area contributed by atoms with Gasteiger partial charge in [-0.3, -0.25) is 9.59 Å². The van der Waals surface area contributed by atoms with Gasteiger partial charge in [0, 0.05) is 24.4 Å². The maximum Gasteiger partial charge on any atom is 0.407 e. The van der Waals surface area contributed by atoms with Crippen molar-refractivity contribution < 1.29 is 29.3 Å². The first-order chi connectivity index (χ1) is 17.0. The van der Waals surface area contributed by atoms with Crippen molar-refractivity contribution in [2.24, 2.45) is 17.8 Å². The summed E-state index contributed by atoms with van der Waals surface area (Å²) >= 11 is 0. The maximum absolute atomic E-state index is 12.8. The van der Waals surface area contributed by atoms with Gasteiger partial charge in [0.15, 0.2) is 0 Å². The number of carboxylic acid groups (broad SMARTS) is 1. The number of hydrogen-bond acceptors (Lipinski definition) is 5. The molecule has 2 aromatic rings. The highest BCUT2D eigenvalue weighted by Gasteiger charge is 2.50. The van der Waals surface area contributed by atoms with Crippen LogP contribution < -0.4 is 5.32 Å². The van der Waals surface area contributed by atoms with E-state index in [0.717, 1.165) is 17.5 Å². The minimum Gasteiger partial charge on any atom is -0.480 e. The number of carbonyl (C=O) groups is 3. The number of carboxylic acids is 1. The molecule has 184 valence electrons. The third-order valence-electron chi connectivity index (χ3n) is 7.83. The van der Waals surface area contributed by atoms with Crippen LogP contribution in [0, 0.1) is 17.8 Å². The lowest BCUT2D eigenvalue weighted by molar-refractivity contribution is -0.146. The Bertz CT molecular complexity index is 1090. The minimum absolute atomic E-state index is 0.00233. The number of fused-ring (bicyclic) bond motifs is 4. The summed E-state index contributed by atoms with van der Waals surface area (Å²) in [7, 11) is 0. The van der Waals surface area contributed by atoms with Crippen LogP contribution in [0.4, 0.5) is 4.79 Å². The number of carbonyl (C=O) groups excluding carboxylic acids is 2. The van der Waals surface area contributed by atoms with E-state index in [0.29, 0.717) is 18.8 Å². The van der Waals surface area contributed by atoms with Gasteiger partial charge in [-0.1, -0.05) is 48.5 Å². The van der Waals surface area contributed by atoms with Gasteiger partial charge in [0.25, 0.3) is 0 Å². The number of alkyl carbamates (subject to hydrolysis) is 1. The molecule has 0 heterocycles. The van der Waals surface area contributed by atoms with Crippen LogP contribution in [0.5, 0.6) is 0 Å². The van der Waals surface area contributed by atoms with E-state index in [-0.39, 0.29) is 49.5 Å². The second-order valence-electron chi connectivity index (χ2n) is 9.78. The number of aliphatic hydroxyl groups is 1. The van der Waals surface area contributed by atoms with Crippen molar-refractivity contribution in [2.45, 2.75) is 31.2 Å². The number of nitrogens with zero attached hydrogens (tertiary/aromatic N) is 1. The normalized spacial score (nSPS) is 24.0. The molecular weight excluding hydrogens is 448 g/mol. The third kappa shape index (κ3) is 4.50. The number of nitrogens with one attached hydrogen (secondary N) is 1. The molecule has 0 radical (unpaired) electrons. The molecule has 2 saturated carbocycles. The second kappa shape index (κ2) is 9.70. The van der Waals surface area contributed by atoms with E-state index in [1.807, 2.05) is 24.3 Å². The van der Waals surface area contributed by atoms with Crippen LogP contribution in [-0.4, -0.2) is 65.4 Å². The number of rotatable bonds is 8. The zero-order valence-corrected chi connectivity index (χ0v) is 19.4. The first kappa shape index (κ1) is 23.4. The summed E-state index contributed by atoms with van der Waals surface area (Å²) in [6.07, 6.45) is 1.64. The van der Waals surface area contributed by atoms with Crippen LogP contribution in [0.1, 0.15) is 36.3 Å². The van der Waals surface area contributed by atoms with Crippen LogP contribution in [-0.2, 0) is 14.3 Å². The van der Waals surface area contributed by atoms with Crippen LogP contribution in [0.2, 0.25) is 0 Å². The smallest absolute Gasteiger partial charge is 0.407 e. The van der Waals surface area contributed by atoms with E-state index < -0.39 is 18.6 Å². The third-order valence-corrected chi connectivity index (χ3v) is 7.83. The highest BCUT2D eigenvalue weighted by atomic mass is 16.5. The van der Waals surface area contributed by atoms with Crippen molar-refractivity contribution in [3.05, 3.63) is 59.7 Å². The minimum atomic E-state index is -1.09. The predicted molar refractivity (Wildman–Crippen MR) is 128 cm³/mol. The molecule has 3 N–H and O–H groups in total. The number of amides is 2. The Hall–Kier alpha value is -3.39. The van der Waals surface area contributed by atoms with E-state index in [9.17, 15) is 19.5 Å². The quantitative estimate of drug-likeness (QED) is 0.537. The fraction of sp³-hybridized carbons (Fsp3) is 0.444. The monoisotopic (exact) mass is 478 g/mol. The molecule has 2 amide bonds. The molecule has 4 atom stereocenters. The first-order valence-corrected chi connectivity index (χ1v) is 12.2. The summed E-state index contributed by atoms with van der Waals surface area (Å²) in [6.45, 7) is -0.414. The topological polar surface area (TPSA) is 116 Å². The number of benzene rings is 2. The van der Waals surface area contributed by atoms with Crippen LogP contribution in [0.3, 0.4) is 0 Å². The average molecular weight is 479 g/mol. The van der Waals surface area contributed by atoms with E-state index in [4.69, 9.17) is 9.84 Å². The molecule has 0 aliphatic heterocycles. The molecule has 1 unspecified atom stereocenters. The molecular formula is C27H30N2O6. The summed E-state index contributed by atoms with van der Waals surface area (Å²) in [5.41, 5.74) is 4.68. The van der Waals surface area contributed by atoms with Gasteiger partial charge < -0.3 is 25.2 Å². The molecule has 2 fully saturated rings. The van der Waals surface area contributed by atoms with Gasteiger partial charge in [0.05, 0.1) is 6.61 Å². The van der Waals surface area contributed by atoms with E-state index >= 15 is 0 Å². The zero-order chi connectivity index (χ0) is 24.5. The molecule has 35 heavy (non-hydrogen) atoms. The molecule has 0 bridgehead atoms. The lowest BCUT2D eigenvalue weighted by atomic mass is 9.71. The number of ether oxygens (including phenoxy) is 1. The Labute approximate surface area is 203 Å². The van der Waals surface area contributed by atoms with E-state index in [2.05, 4.69) is 29.6 Å². The Morgan fingerprint density at radius 1 is 0.971 bits per heavy atom. The van der Waals surface area contributed by atoms with Crippen LogP contribution >= 0.6 is 0 Å². The van der Waals surface area contributed by atoms with Gasteiger partial charge in [-0.15, -0.1) is 0 Å². The van der Waals surface area contributed by atoms with Gasteiger partial charge in [0.1, 0.15) is 13.2 Å². The van der Waals surface area contributed by atoms with Gasteiger partial charge in [0.2, 0.25) is 5.91 Å². The van der Waals surface area contributed by atoms with Crippen molar-refractivity contribution in [2.75, 3.05) is 26.3 Å². The van der Waals surface area contributed by atoms with Gasteiger partial charge in [-0.25, -0.2) is 4.79 Å². The van der Waals surface area contributed by atoms with Crippen molar-refractivity contribution in [3.63, 3.8) is 0 Å². The fourth-order valence-electron chi connectivity index (χ4n) is 6.19. The van der Waals surface area contributed by atoms with Crippen molar-refractivity contribution in [3.8, 4) is 11.1 Å². The highest BCUT2D eigenvalue weighted by molar-refractivity contribution is 5.83. The van der Waals surface area contributed by atoms with Gasteiger partial charge in [-0.2, -0.15) is 0 Å². The number of hydrogen-bond donors (Lipinski definition) is 3. The summed E-state index contributed by atoms with van der Waals surface area (Å²) in [6, 6.07) is 16.3. The van der Waals surface area contributed by atoms with Crippen molar-refractivity contribution >= 4 is 18.0 Å². The Morgan fingerprint density at radius 3 is 2.26 bits per heavy atom. The van der Waals surface area contributed by atoms with Gasteiger partial charge in [-0.05, 0) is 53.4 Å². The molecule has 8 heteroatoms. The summed E-state index contributed by atoms with van der Waals surface area (Å²) < 4.78 is 5.66. The molecule has 3 aliphatic carbocycles. The molecule has 0 spiro atoms. The standard InChI is InChI=1S/C27H30N2O6/c30-10-9-29(14-25(31)32)26(33)17-11-16-13-24(22(16)12-17)28-27(34)35-15-23-20-7-3-1-5-18(20)19-6-2-4-8-21(19)23/h1-8,16-17,22-24,30H,9-15H2,(H,28,34)(H,31,32)/t16-,17?,22-,24+/m0/s1. The molecule has 0 saturated heterocycles. The molecule has 5 rings (SSSR count). The maximum atomic E-state index is 12.8. The van der Waals surface area contributed by atoms with Crippen LogP contribution in [0.25, 0.3) is 11.1 Å². The highest BCUT2D eigenvalue weighted by Crippen LogP contribution is 2.50. The first-order valence-electron chi connectivity index (χ1n) is 12.2. The number of aliphatic hydroxyl groups excluding tert-OH is 1. The molecule has 3 aliphatic rings. The largest absolute Gasteiger partial charge is 0.480 e.